The van der Waals surface area contributed by atoms with Gasteiger partial charge in [0.2, 0.25) is 0 Å². The maximum absolute atomic E-state index is 12.0. The molecule has 0 heterocycles. The predicted molar refractivity (Wildman–Crippen MR) is 94.4 cm³/mol. The third-order valence-corrected chi connectivity index (χ3v) is 3.62. The summed E-state index contributed by atoms with van der Waals surface area (Å²) in [4.78, 5) is 34.3. The van der Waals surface area contributed by atoms with Gasteiger partial charge in [0.15, 0.2) is 12.4 Å². The van der Waals surface area contributed by atoms with Crippen molar-refractivity contribution in [3.05, 3.63) is 63.7 Å². The van der Waals surface area contributed by atoms with E-state index in [4.69, 9.17) is 9.47 Å². The van der Waals surface area contributed by atoms with E-state index in [9.17, 15) is 19.7 Å². The van der Waals surface area contributed by atoms with Crippen LogP contribution in [0, 0.1) is 10.1 Å². The molecule has 0 unspecified atom stereocenters. The first-order chi connectivity index (χ1) is 12.5. The van der Waals surface area contributed by atoms with Gasteiger partial charge >= 0.3 is 11.7 Å². The molecule has 2 aromatic rings. The average Bonchev–Trinajstić information content (AvgIpc) is 2.65. The number of rotatable bonds is 7. The highest BCUT2D eigenvalue weighted by Gasteiger charge is 2.19. The molecule has 2 rings (SSSR count). The number of anilines is 1. The molecule has 0 saturated heterocycles. The summed E-state index contributed by atoms with van der Waals surface area (Å²) >= 11 is 0. The summed E-state index contributed by atoms with van der Waals surface area (Å²) in [6, 6.07) is 11.0. The van der Waals surface area contributed by atoms with Gasteiger partial charge in [-0.15, -0.1) is 0 Å². The molecule has 1 N–H and O–H groups in total. The predicted octanol–water partition coefficient (Wildman–Crippen LogP) is 2.96. The number of hydrogen-bond donors (Lipinski definition) is 1. The Bertz CT molecular complexity index is 834. The van der Waals surface area contributed by atoms with E-state index < -0.39 is 23.4 Å². The molecular formula is C18H18N2O6. The van der Waals surface area contributed by atoms with Crippen molar-refractivity contribution in [1.29, 1.82) is 0 Å². The molecule has 0 aliphatic rings. The number of methoxy groups -OCH3 is 1. The molecule has 0 fully saturated rings. The maximum Gasteiger partial charge on any atom is 0.338 e. The first kappa shape index (κ1) is 18.9. The molecule has 136 valence electrons. The van der Waals surface area contributed by atoms with Gasteiger partial charge in [-0.3, -0.25) is 14.9 Å². The van der Waals surface area contributed by atoms with E-state index >= 15 is 0 Å². The SMILES string of the molecule is CCc1ccccc1NC(=O)COC(=O)c1ccc(OC)c([N+](=O)[O-])c1. The zero-order valence-corrected chi connectivity index (χ0v) is 14.4. The Morgan fingerprint density at radius 2 is 1.92 bits per heavy atom. The number of carbonyl (C=O) groups excluding carboxylic acids is 2. The molecular weight excluding hydrogens is 340 g/mol. The molecule has 0 saturated carbocycles. The lowest BCUT2D eigenvalue weighted by molar-refractivity contribution is -0.385. The third-order valence-electron chi connectivity index (χ3n) is 3.62. The van der Waals surface area contributed by atoms with Crippen molar-refractivity contribution in [2.45, 2.75) is 13.3 Å². The summed E-state index contributed by atoms with van der Waals surface area (Å²) < 4.78 is 9.80. The smallest absolute Gasteiger partial charge is 0.338 e. The Morgan fingerprint density at radius 3 is 2.58 bits per heavy atom. The monoisotopic (exact) mass is 358 g/mol. The molecule has 8 nitrogen and oxygen atoms in total. The van der Waals surface area contributed by atoms with Gasteiger partial charge in [0.05, 0.1) is 17.6 Å². The van der Waals surface area contributed by atoms with Gasteiger partial charge < -0.3 is 14.8 Å². The summed E-state index contributed by atoms with van der Waals surface area (Å²) in [7, 11) is 1.29. The van der Waals surface area contributed by atoms with E-state index in [1.807, 2.05) is 19.1 Å². The van der Waals surface area contributed by atoms with Gasteiger partial charge in [-0.05, 0) is 30.2 Å². The second kappa shape index (κ2) is 8.61. The van der Waals surface area contributed by atoms with E-state index in [-0.39, 0.29) is 17.0 Å². The minimum Gasteiger partial charge on any atom is -0.490 e. The van der Waals surface area contributed by atoms with Crippen molar-refractivity contribution in [1.82, 2.24) is 0 Å². The highest BCUT2D eigenvalue weighted by atomic mass is 16.6. The number of ether oxygens (including phenoxy) is 2. The fourth-order valence-electron chi connectivity index (χ4n) is 2.31. The van der Waals surface area contributed by atoms with Gasteiger partial charge in [-0.25, -0.2) is 4.79 Å². The molecule has 8 heteroatoms. The molecule has 0 bridgehead atoms. The highest BCUT2D eigenvalue weighted by molar-refractivity contribution is 5.96. The van der Waals surface area contributed by atoms with Crippen LogP contribution in [0.4, 0.5) is 11.4 Å². The standard InChI is InChI=1S/C18H18N2O6/c1-3-12-6-4-5-7-14(12)19-17(21)11-26-18(22)13-8-9-16(25-2)15(10-13)20(23)24/h4-10H,3,11H2,1-2H3,(H,19,21). The van der Waals surface area contributed by atoms with Crippen molar-refractivity contribution in [3.8, 4) is 5.75 Å². The molecule has 0 radical (unpaired) electrons. The summed E-state index contributed by atoms with van der Waals surface area (Å²) in [6.07, 6.45) is 0.742. The van der Waals surface area contributed by atoms with Crippen LogP contribution in [-0.4, -0.2) is 30.5 Å². The zero-order chi connectivity index (χ0) is 19.1. The van der Waals surface area contributed by atoms with E-state index in [1.165, 1.54) is 19.2 Å². The highest BCUT2D eigenvalue weighted by Crippen LogP contribution is 2.27. The van der Waals surface area contributed by atoms with Crippen LogP contribution < -0.4 is 10.1 Å². The zero-order valence-electron chi connectivity index (χ0n) is 14.4. The number of nitrogens with one attached hydrogen (secondary N) is 1. The van der Waals surface area contributed by atoms with Crippen molar-refractivity contribution < 1.29 is 24.0 Å². The molecule has 26 heavy (non-hydrogen) atoms. The summed E-state index contributed by atoms with van der Waals surface area (Å²) in [6.45, 7) is 1.46. The second-order valence-electron chi connectivity index (χ2n) is 5.28. The number of para-hydroxylation sites is 1. The van der Waals surface area contributed by atoms with Crippen molar-refractivity contribution in [2.24, 2.45) is 0 Å². The lowest BCUT2D eigenvalue weighted by Gasteiger charge is -2.10. The average molecular weight is 358 g/mol. The van der Waals surface area contributed by atoms with Gasteiger partial charge in [0.1, 0.15) is 0 Å². The molecule has 0 atom stereocenters. The Morgan fingerprint density at radius 1 is 1.19 bits per heavy atom. The number of nitro groups is 1. The van der Waals surface area contributed by atoms with Crippen molar-refractivity contribution in [3.63, 3.8) is 0 Å². The lowest BCUT2D eigenvalue weighted by atomic mass is 10.1. The first-order valence-electron chi connectivity index (χ1n) is 7.83. The Hall–Kier alpha value is -3.42. The van der Waals surface area contributed by atoms with Gasteiger partial charge in [-0.1, -0.05) is 25.1 Å². The molecule has 1 amide bonds. The van der Waals surface area contributed by atoms with Crippen LogP contribution >= 0.6 is 0 Å². The molecule has 0 aliphatic heterocycles. The number of nitro benzene ring substituents is 1. The van der Waals surface area contributed by atoms with Crippen LogP contribution in [0.25, 0.3) is 0 Å². The molecule has 0 spiro atoms. The minimum absolute atomic E-state index is 0.0282. The number of amides is 1. The number of nitrogens with zero attached hydrogens (tertiary/aromatic N) is 1. The van der Waals surface area contributed by atoms with Gasteiger partial charge in [0.25, 0.3) is 5.91 Å². The normalized spacial score (nSPS) is 10.1. The van der Waals surface area contributed by atoms with E-state index in [1.54, 1.807) is 12.1 Å². The van der Waals surface area contributed by atoms with Crippen LogP contribution in [0.15, 0.2) is 42.5 Å². The number of aryl methyl sites for hydroxylation is 1. The quantitative estimate of drug-likeness (QED) is 0.463. The summed E-state index contributed by atoms with van der Waals surface area (Å²) in [5, 5.41) is 13.7. The lowest BCUT2D eigenvalue weighted by Crippen LogP contribution is -2.21. The minimum atomic E-state index is -0.838. The van der Waals surface area contributed by atoms with Crippen molar-refractivity contribution in [2.75, 3.05) is 19.0 Å². The number of esters is 1. The van der Waals surface area contributed by atoms with Crippen LogP contribution in [0.3, 0.4) is 0 Å². The molecule has 0 aliphatic carbocycles. The van der Waals surface area contributed by atoms with Crippen LogP contribution in [-0.2, 0) is 16.0 Å². The van der Waals surface area contributed by atoms with Crippen LogP contribution in [0.1, 0.15) is 22.8 Å². The second-order valence-corrected chi connectivity index (χ2v) is 5.28. The van der Waals surface area contributed by atoms with Crippen molar-refractivity contribution >= 4 is 23.3 Å². The van der Waals surface area contributed by atoms with Gasteiger partial charge in [-0.2, -0.15) is 0 Å². The fraction of sp³-hybridized carbons (Fsp3) is 0.222. The number of carbonyl (C=O) groups is 2. The molecule has 2 aromatic carbocycles. The molecule has 0 aromatic heterocycles. The van der Waals surface area contributed by atoms with Crippen LogP contribution in [0.2, 0.25) is 0 Å². The van der Waals surface area contributed by atoms with E-state index in [0.717, 1.165) is 18.1 Å². The Kier molecular flexibility index (Phi) is 6.26. The Labute approximate surface area is 149 Å². The summed E-state index contributed by atoms with van der Waals surface area (Å²) in [5.74, 6) is -1.31. The third kappa shape index (κ3) is 4.56. The first-order valence-corrected chi connectivity index (χ1v) is 7.83. The fourth-order valence-corrected chi connectivity index (χ4v) is 2.31. The topological polar surface area (TPSA) is 108 Å². The summed E-state index contributed by atoms with van der Waals surface area (Å²) in [5.41, 5.74) is 1.21. The Balaban J connectivity index is 2.01. The van der Waals surface area contributed by atoms with Crippen LogP contribution in [0.5, 0.6) is 5.75 Å². The number of hydrogen-bond acceptors (Lipinski definition) is 6. The van der Waals surface area contributed by atoms with Gasteiger partial charge in [0, 0.05) is 11.8 Å². The van der Waals surface area contributed by atoms with E-state index in [2.05, 4.69) is 5.32 Å². The largest absolute Gasteiger partial charge is 0.490 e. The van der Waals surface area contributed by atoms with E-state index in [0.29, 0.717) is 5.69 Å². The maximum atomic E-state index is 12.0. The number of benzene rings is 2.